The van der Waals surface area contributed by atoms with E-state index in [0.29, 0.717) is 24.2 Å². The highest BCUT2D eigenvalue weighted by atomic mass is 16.2. The number of nitriles is 1. The Balaban J connectivity index is 2.14. The second kappa shape index (κ2) is 5.02. The molecule has 0 saturated carbocycles. The first-order chi connectivity index (χ1) is 8.94. The minimum absolute atomic E-state index is 0.0180. The maximum absolute atomic E-state index is 12.4. The highest BCUT2D eigenvalue weighted by molar-refractivity contribution is 5.94. The molecule has 0 radical (unpaired) electrons. The zero-order valence-electron chi connectivity index (χ0n) is 11.4. The van der Waals surface area contributed by atoms with E-state index >= 15 is 0 Å². The van der Waals surface area contributed by atoms with E-state index < -0.39 is 0 Å². The number of benzene rings is 1. The van der Waals surface area contributed by atoms with Crippen LogP contribution in [0.2, 0.25) is 0 Å². The number of piperidine rings is 1. The van der Waals surface area contributed by atoms with Crippen molar-refractivity contribution in [1.29, 1.82) is 5.26 Å². The molecule has 1 aromatic rings. The average Bonchev–Trinajstić information content (AvgIpc) is 2.41. The molecule has 2 N–H and O–H groups in total. The molecule has 1 amide bonds. The Morgan fingerprint density at radius 3 is 2.58 bits per heavy atom. The molecule has 1 aliphatic rings. The van der Waals surface area contributed by atoms with E-state index in [4.69, 9.17) is 11.0 Å². The smallest absolute Gasteiger partial charge is 0.253 e. The summed E-state index contributed by atoms with van der Waals surface area (Å²) in [5, 5.41) is 8.75. The highest BCUT2D eigenvalue weighted by Crippen LogP contribution is 2.28. The first kappa shape index (κ1) is 13.6. The molecule has 1 aliphatic heterocycles. The lowest BCUT2D eigenvalue weighted by atomic mass is 9.79. The molecule has 0 spiro atoms. The standard InChI is InChI=1S/C15H19N3O/c1-15(2)10-18(8-7-13(15)17)14(19)12-5-3-11(9-16)4-6-12/h3-6,13H,7-8,10,17H2,1-2H3. The fraction of sp³-hybridized carbons (Fsp3) is 0.467. The minimum Gasteiger partial charge on any atom is -0.338 e. The van der Waals surface area contributed by atoms with Gasteiger partial charge in [-0.2, -0.15) is 5.26 Å². The van der Waals surface area contributed by atoms with Crippen molar-refractivity contribution in [3.63, 3.8) is 0 Å². The minimum atomic E-state index is -0.0551. The quantitative estimate of drug-likeness (QED) is 0.833. The van der Waals surface area contributed by atoms with Gasteiger partial charge in [-0.15, -0.1) is 0 Å². The molecule has 1 atom stereocenters. The number of nitrogens with two attached hydrogens (primary N) is 1. The van der Waals surface area contributed by atoms with Crippen LogP contribution in [0.1, 0.15) is 36.2 Å². The molecule has 4 nitrogen and oxygen atoms in total. The SMILES string of the molecule is CC1(C)CN(C(=O)c2ccc(C#N)cc2)CCC1N. The van der Waals surface area contributed by atoms with Gasteiger partial charge in [-0.25, -0.2) is 0 Å². The molecule has 1 saturated heterocycles. The van der Waals surface area contributed by atoms with Crippen LogP contribution in [0.25, 0.3) is 0 Å². The third-order valence-electron chi connectivity index (χ3n) is 3.86. The molecule has 0 aromatic heterocycles. The monoisotopic (exact) mass is 257 g/mol. The number of rotatable bonds is 1. The predicted molar refractivity (Wildman–Crippen MR) is 73.4 cm³/mol. The lowest BCUT2D eigenvalue weighted by Gasteiger charge is -2.42. The summed E-state index contributed by atoms with van der Waals surface area (Å²) >= 11 is 0. The summed E-state index contributed by atoms with van der Waals surface area (Å²) in [6.45, 7) is 5.56. The van der Waals surface area contributed by atoms with Crippen molar-refractivity contribution >= 4 is 5.91 Å². The van der Waals surface area contributed by atoms with E-state index in [1.165, 1.54) is 0 Å². The second-order valence-corrected chi connectivity index (χ2v) is 5.80. The van der Waals surface area contributed by atoms with E-state index in [0.717, 1.165) is 6.42 Å². The van der Waals surface area contributed by atoms with Gasteiger partial charge < -0.3 is 10.6 Å². The van der Waals surface area contributed by atoms with Crippen molar-refractivity contribution < 1.29 is 4.79 Å². The van der Waals surface area contributed by atoms with E-state index in [2.05, 4.69) is 19.9 Å². The van der Waals surface area contributed by atoms with Crippen LogP contribution < -0.4 is 5.73 Å². The van der Waals surface area contributed by atoms with Crippen molar-refractivity contribution in [2.45, 2.75) is 26.3 Å². The van der Waals surface area contributed by atoms with Crippen molar-refractivity contribution in [3.05, 3.63) is 35.4 Å². The number of hydrogen-bond acceptors (Lipinski definition) is 3. The molecule has 0 aliphatic carbocycles. The second-order valence-electron chi connectivity index (χ2n) is 5.80. The van der Waals surface area contributed by atoms with E-state index in [9.17, 15) is 4.79 Å². The summed E-state index contributed by atoms with van der Waals surface area (Å²) in [7, 11) is 0. The topological polar surface area (TPSA) is 70.1 Å². The zero-order chi connectivity index (χ0) is 14.0. The molecule has 2 rings (SSSR count). The average molecular weight is 257 g/mol. The van der Waals surface area contributed by atoms with Gasteiger partial charge in [0.1, 0.15) is 0 Å². The largest absolute Gasteiger partial charge is 0.338 e. The Morgan fingerprint density at radius 2 is 2.05 bits per heavy atom. The summed E-state index contributed by atoms with van der Waals surface area (Å²) < 4.78 is 0. The molecule has 1 aromatic carbocycles. The van der Waals surface area contributed by atoms with Crippen LogP contribution in [0.4, 0.5) is 0 Å². The molecule has 1 unspecified atom stereocenters. The third-order valence-corrected chi connectivity index (χ3v) is 3.86. The molecular formula is C15H19N3O. The summed E-state index contributed by atoms with van der Waals surface area (Å²) in [4.78, 5) is 14.2. The van der Waals surface area contributed by atoms with Gasteiger partial charge >= 0.3 is 0 Å². The Hall–Kier alpha value is -1.86. The molecule has 1 fully saturated rings. The van der Waals surface area contributed by atoms with Crippen LogP contribution in [0, 0.1) is 16.7 Å². The maximum Gasteiger partial charge on any atom is 0.253 e. The molecule has 0 bridgehead atoms. The normalized spacial score (nSPS) is 21.8. The van der Waals surface area contributed by atoms with Crippen molar-refractivity contribution in [1.82, 2.24) is 4.90 Å². The summed E-state index contributed by atoms with van der Waals surface area (Å²) in [6, 6.07) is 8.96. The molecule has 4 heteroatoms. The van der Waals surface area contributed by atoms with Gasteiger partial charge in [-0.3, -0.25) is 4.79 Å². The maximum atomic E-state index is 12.4. The summed E-state index contributed by atoms with van der Waals surface area (Å²) in [5.41, 5.74) is 7.22. The van der Waals surface area contributed by atoms with Crippen LogP contribution >= 0.6 is 0 Å². The van der Waals surface area contributed by atoms with Gasteiger partial charge in [0.05, 0.1) is 11.6 Å². The van der Waals surface area contributed by atoms with Gasteiger partial charge in [0, 0.05) is 24.7 Å². The first-order valence-corrected chi connectivity index (χ1v) is 6.49. The van der Waals surface area contributed by atoms with Crippen LogP contribution in [0.3, 0.4) is 0 Å². The van der Waals surface area contributed by atoms with Gasteiger partial charge in [-0.1, -0.05) is 13.8 Å². The van der Waals surface area contributed by atoms with Gasteiger partial charge in [-0.05, 0) is 36.1 Å². The number of amides is 1. The van der Waals surface area contributed by atoms with Crippen LogP contribution in [-0.4, -0.2) is 29.9 Å². The van der Waals surface area contributed by atoms with Crippen LogP contribution in [-0.2, 0) is 0 Å². The Morgan fingerprint density at radius 1 is 1.42 bits per heavy atom. The number of nitrogens with zero attached hydrogens (tertiary/aromatic N) is 2. The number of likely N-dealkylation sites (tertiary alicyclic amines) is 1. The van der Waals surface area contributed by atoms with Crippen molar-refractivity contribution in [2.75, 3.05) is 13.1 Å². The Labute approximate surface area is 113 Å². The van der Waals surface area contributed by atoms with E-state index in [-0.39, 0.29) is 17.4 Å². The fourth-order valence-electron chi connectivity index (χ4n) is 2.42. The lowest BCUT2D eigenvalue weighted by Crippen LogP contribution is -2.53. The molecular weight excluding hydrogens is 238 g/mol. The van der Waals surface area contributed by atoms with Gasteiger partial charge in [0.25, 0.3) is 5.91 Å². The summed E-state index contributed by atoms with van der Waals surface area (Å²) in [6.07, 6.45) is 0.828. The van der Waals surface area contributed by atoms with Gasteiger partial charge in [0.15, 0.2) is 0 Å². The molecule has 100 valence electrons. The van der Waals surface area contributed by atoms with E-state index in [1.54, 1.807) is 24.3 Å². The lowest BCUT2D eigenvalue weighted by molar-refractivity contribution is 0.0533. The van der Waals surface area contributed by atoms with Gasteiger partial charge in [0.2, 0.25) is 0 Å². The van der Waals surface area contributed by atoms with Crippen LogP contribution in [0.5, 0.6) is 0 Å². The number of carbonyl (C=O) groups is 1. The van der Waals surface area contributed by atoms with Crippen molar-refractivity contribution in [3.8, 4) is 6.07 Å². The third kappa shape index (κ3) is 2.77. The summed E-state index contributed by atoms with van der Waals surface area (Å²) in [5.74, 6) is 0.0180. The molecule has 19 heavy (non-hydrogen) atoms. The number of carbonyl (C=O) groups excluding carboxylic acids is 1. The Kier molecular flexibility index (Phi) is 3.59. The highest BCUT2D eigenvalue weighted by Gasteiger charge is 2.35. The first-order valence-electron chi connectivity index (χ1n) is 6.49. The van der Waals surface area contributed by atoms with Crippen LogP contribution in [0.15, 0.2) is 24.3 Å². The predicted octanol–water partition coefficient (Wildman–Crippen LogP) is 1.76. The fourth-order valence-corrected chi connectivity index (χ4v) is 2.42. The number of hydrogen-bond donors (Lipinski definition) is 1. The Bertz CT molecular complexity index is 513. The van der Waals surface area contributed by atoms with Crippen molar-refractivity contribution in [2.24, 2.45) is 11.1 Å². The van der Waals surface area contributed by atoms with E-state index in [1.807, 2.05) is 4.90 Å². The zero-order valence-corrected chi connectivity index (χ0v) is 11.4. The molecule has 1 heterocycles.